The highest BCUT2D eigenvalue weighted by atomic mass is 16.3. The van der Waals surface area contributed by atoms with E-state index in [-0.39, 0.29) is 5.75 Å². The Morgan fingerprint density at radius 2 is 1.97 bits per heavy atom. The third kappa shape index (κ3) is 4.14. The zero-order valence-electron chi connectivity index (χ0n) is 17.9. The van der Waals surface area contributed by atoms with Gasteiger partial charge in [-0.3, -0.25) is 4.98 Å². The van der Waals surface area contributed by atoms with E-state index in [1.807, 2.05) is 35.0 Å². The lowest BCUT2D eigenvalue weighted by molar-refractivity contribution is 0.296. The average molecular weight is 427 g/mol. The van der Waals surface area contributed by atoms with E-state index in [0.29, 0.717) is 12.5 Å². The molecule has 7 heteroatoms. The summed E-state index contributed by atoms with van der Waals surface area (Å²) in [5.74, 6) is 1.58. The molecule has 1 aliphatic heterocycles. The van der Waals surface area contributed by atoms with Crippen molar-refractivity contribution >= 4 is 17.2 Å². The first-order valence-corrected chi connectivity index (χ1v) is 10.9. The Bertz CT molecular complexity index is 1230. The molecule has 0 unspecified atom stereocenters. The second-order valence-corrected chi connectivity index (χ2v) is 8.14. The summed E-state index contributed by atoms with van der Waals surface area (Å²) in [6, 6.07) is 15.4. The van der Waals surface area contributed by atoms with Crippen molar-refractivity contribution in [1.29, 1.82) is 0 Å². The molecule has 4 heterocycles. The van der Waals surface area contributed by atoms with Gasteiger partial charge in [-0.15, -0.1) is 0 Å². The van der Waals surface area contributed by atoms with Gasteiger partial charge < -0.3 is 15.3 Å². The summed E-state index contributed by atoms with van der Waals surface area (Å²) in [6.45, 7) is 6.75. The van der Waals surface area contributed by atoms with Crippen LogP contribution < -0.4 is 5.32 Å². The number of hydrogen-bond donors (Lipinski definition) is 2. The highest BCUT2D eigenvalue weighted by Gasteiger charge is 2.24. The smallest absolute Gasteiger partial charge is 0.157 e. The number of likely N-dealkylation sites (tertiary alicyclic amines) is 1. The van der Waals surface area contributed by atoms with E-state index in [2.05, 4.69) is 39.0 Å². The number of phenols is 1. The highest BCUT2D eigenvalue weighted by molar-refractivity contribution is 5.63. The van der Waals surface area contributed by atoms with Crippen LogP contribution in [0.2, 0.25) is 0 Å². The fraction of sp³-hybridized carbons (Fsp3) is 0.240. The molecule has 5 rings (SSSR count). The van der Waals surface area contributed by atoms with Gasteiger partial charge in [0.1, 0.15) is 11.6 Å². The number of nitrogens with zero attached hydrogens (tertiary/aromatic N) is 5. The number of phenolic OH excluding ortho intramolecular Hbond substituents is 1. The normalized spacial score (nSPS) is 14.6. The highest BCUT2D eigenvalue weighted by Crippen LogP contribution is 2.32. The van der Waals surface area contributed by atoms with Crippen LogP contribution in [0, 0.1) is 0 Å². The maximum Gasteiger partial charge on any atom is 0.157 e. The lowest BCUT2D eigenvalue weighted by Gasteiger charge is -2.34. The molecule has 32 heavy (non-hydrogen) atoms. The lowest BCUT2D eigenvalue weighted by atomic mass is 9.92. The second-order valence-electron chi connectivity index (χ2n) is 8.14. The molecule has 1 aromatic carbocycles. The molecule has 0 atom stereocenters. The first-order chi connectivity index (χ1) is 15.7. The maximum atomic E-state index is 9.78. The Morgan fingerprint density at radius 3 is 2.75 bits per heavy atom. The van der Waals surface area contributed by atoms with Gasteiger partial charge in [0.05, 0.1) is 6.20 Å². The van der Waals surface area contributed by atoms with Crippen molar-refractivity contribution in [3.8, 4) is 5.75 Å². The summed E-state index contributed by atoms with van der Waals surface area (Å²) >= 11 is 0. The van der Waals surface area contributed by atoms with Gasteiger partial charge in [-0.2, -0.15) is 9.61 Å². The van der Waals surface area contributed by atoms with Crippen molar-refractivity contribution in [2.24, 2.45) is 0 Å². The number of nitrogens with one attached hydrogen (secondary N) is 1. The molecular weight excluding hydrogens is 400 g/mol. The van der Waals surface area contributed by atoms with Crippen molar-refractivity contribution in [2.75, 3.05) is 18.4 Å². The van der Waals surface area contributed by atoms with Crippen LogP contribution in [-0.4, -0.2) is 42.7 Å². The van der Waals surface area contributed by atoms with Crippen molar-refractivity contribution in [1.82, 2.24) is 24.5 Å². The second kappa shape index (κ2) is 8.70. The third-order valence-corrected chi connectivity index (χ3v) is 6.05. The number of aromatic hydroxyl groups is 1. The van der Waals surface area contributed by atoms with Gasteiger partial charge in [-0.05, 0) is 36.6 Å². The van der Waals surface area contributed by atoms with Gasteiger partial charge in [-0.1, -0.05) is 24.8 Å². The Morgan fingerprint density at radius 1 is 1.09 bits per heavy atom. The molecule has 0 saturated carbocycles. The molecule has 4 aromatic rings. The molecule has 0 spiro atoms. The molecule has 3 aromatic heterocycles. The van der Waals surface area contributed by atoms with Crippen LogP contribution in [0.1, 0.15) is 35.6 Å². The van der Waals surface area contributed by atoms with Crippen molar-refractivity contribution in [2.45, 2.75) is 25.3 Å². The molecular formula is C25H26N6O. The number of benzene rings is 1. The van der Waals surface area contributed by atoms with Crippen LogP contribution in [0.4, 0.5) is 5.82 Å². The Labute approximate surface area is 187 Å². The monoisotopic (exact) mass is 426 g/mol. The van der Waals surface area contributed by atoms with Crippen molar-refractivity contribution in [3.63, 3.8) is 0 Å². The Balaban J connectivity index is 1.30. The van der Waals surface area contributed by atoms with E-state index in [0.717, 1.165) is 59.9 Å². The summed E-state index contributed by atoms with van der Waals surface area (Å²) in [6.07, 6.45) is 7.42. The minimum Gasteiger partial charge on any atom is -0.508 e. The number of rotatable bonds is 6. The minimum absolute atomic E-state index is 0.267. The van der Waals surface area contributed by atoms with Gasteiger partial charge in [0, 0.05) is 67.0 Å². The molecule has 2 N–H and O–H groups in total. The number of fused-ring (bicyclic) bond motifs is 1. The number of piperidine rings is 1. The number of aromatic nitrogens is 4. The number of hydrogen-bond acceptors (Lipinski definition) is 6. The van der Waals surface area contributed by atoms with Gasteiger partial charge in [0.2, 0.25) is 0 Å². The van der Waals surface area contributed by atoms with Crippen LogP contribution in [0.5, 0.6) is 5.75 Å². The van der Waals surface area contributed by atoms with E-state index in [1.165, 1.54) is 0 Å². The molecule has 0 amide bonds. The zero-order valence-corrected chi connectivity index (χ0v) is 17.9. The van der Waals surface area contributed by atoms with E-state index in [9.17, 15) is 5.11 Å². The molecule has 0 aliphatic carbocycles. The third-order valence-electron chi connectivity index (χ3n) is 6.05. The SMILES string of the molecule is C=C(c1cccc(O)c1)N1CCC(c2cc(NCc3cccnc3)n3nccc3n2)CC1. The van der Waals surface area contributed by atoms with E-state index < -0.39 is 0 Å². The maximum absolute atomic E-state index is 9.78. The first-order valence-electron chi connectivity index (χ1n) is 10.9. The van der Waals surface area contributed by atoms with Crippen molar-refractivity contribution in [3.05, 3.63) is 90.5 Å². The van der Waals surface area contributed by atoms with E-state index in [4.69, 9.17) is 4.98 Å². The summed E-state index contributed by atoms with van der Waals surface area (Å²) < 4.78 is 1.85. The molecule has 0 bridgehead atoms. The first kappa shape index (κ1) is 20.1. The van der Waals surface area contributed by atoms with E-state index >= 15 is 0 Å². The number of pyridine rings is 1. The van der Waals surface area contributed by atoms with Gasteiger partial charge in [0.25, 0.3) is 0 Å². The minimum atomic E-state index is 0.267. The van der Waals surface area contributed by atoms with Gasteiger partial charge >= 0.3 is 0 Å². The standard InChI is InChI=1S/C25H26N6O/c1-18(21-5-2-6-22(32)14-21)30-12-8-20(9-13-30)23-15-25(31-24(29-23)7-11-28-31)27-17-19-4-3-10-26-16-19/h2-7,10-11,14-16,20,27,32H,1,8-9,12-13,17H2. The lowest BCUT2D eigenvalue weighted by Crippen LogP contribution is -2.31. The molecule has 1 saturated heterocycles. The number of anilines is 1. The predicted molar refractivity (Wildman–Crippen MR) is 125 cm³/mol. The Hall–Kier alpha value is -3.87. The fourth-order valence-corrected chi connectivity index (χ4v) is 4.28. The van der Waals surface area contributed by atoms with Crippen LogP contribution >= 0.6 is 0 Å². The van der Waals surface area contributed by atoms with Crippen LogP contribution in [-0.2, 0) is 6.54 Å². The van der Waals surface area contributed by atoms with Crippen LogP contribution in [0.25, 0.3) is 11.3 Å². The van der Waals surface area contributed by atoms with Gasteiger partial charge in [0.15, 0.2) is 5.65 Å². The fourth-order valence-electron chi connectivity index (χ4n) is 4.28. The predicted octanol–water partition coefficient (Wildman–Crippen LogP) is 4.29. The van der Waals surface area contributed by atoms with Gasteiger partial charge in [-0.25, -0.2) is 4.98 Å². The van der Waals surface area contributed by atoms with Crippen LogP contribution in [0.15, 0.2) is 73.7 Å². The van der Waals surface area contributed by atoms with E-state index in [1.54, 1.807) is 24.5 Å². The molecule has 1 aliphatic rings. The topological polar surface area (TPSA) is 78.6 Å². The molecule has 162 valence electrons. The zero-order chi connectivity index (χ0) is 21.9. The Kier molecular flexibility index (Phi) is 5.46. The molecule has 0 radical (unpaired) electrons. The quantitative estimate of drug-likeness (QED) is 0.479. The average Bonchev–Trinajstić information content (AvgIpc) is 3.32. The summed E-state index contributed by atoms with van der Waals surface area (Å²) in [4.78, 5) is 11.4. The molecule has 7 nitrogen and oxygen atoms in total. The van der Waals surface area contributed by atoms with Crippen molar-refractivity contribution < 1.29 is 5.11 Å². The molecule has 1 fully saturated rings. The summed E-state index contributed by atoms with van der Waals surface area (Å²) in [5.41, 5.74) is 4.98. The summed E-state index contributed by atoms with van der Waals surface area (Å²) in [7, 11) is 0. The summed E-state index contributed by atoms with van der Waals surface area (Å²) in [5, 5.41) is 17.7. The largest absolute Gasteiger partial charge is 0.508 e. The van der Waals surface area contributed by atoms with Crippen LogP contribution in [0.3, 0.4) is 0 Å².